The normalized spacial score (nSPS) is 20.7. The molecule has 2 aliphatic rings. The van der Waals surface area contributed by atoms with E-state index in [2.05, 4.69) is 15.1 Å². The first-order chi connectivity index (χ1) is 11.8. The van der Waals surface area contributed by atoms with Gasteiger partial charge in [-0.25, -0.2) is 4.39 Å². The van der Waals surface area contributed by atoms with Crippen molar-refractivity contribution >= 4 is 0 Å². The number of benzene rings is 1. The van der Waals surface area contributed by atoms with Gasteiger partial charge in [-0.05, 0) is 50.2 Å². The van der Waals surface area contributed by atoms with Crippen LogP contribution in [-0.4, -0.2) is 54.2 Å². The molecule has 1 aromatic heterocycles. The second-order valence-corrected chi connectivity index (χ2v) is 6.20. The Balaban J connectivity index is 1.35. The topological polar surface area (TPSA) is 60.6 Å². The second kappa shape index (κ2) is 6.96. The first kappa shape index (κ1) is 15.7. The number of nitrogens with zero attached hydrogens (tertiary/aromatic N) is 3. The van der Waals surface area contributed by atoms with Crippen molar-refractivity contribution in [3.05, 3.63) is 36.0 Å². The minimum atomic E-state index is -0.277. The van der Waals surface area contributed by atoms with Gasteiger partial charge in [0.25, 0.3) is 0 Å². The Morgan fingerprint density at radius 1 is 1.04 bits per heavy atom. The Kier molecular flexibility index (Phi) is 4.55. The van der Waals surface area contributed by atoms with Gasteiger partial charge in [0.05, 0.1) is 13.2 Å². The third kappa shape index (κ3) is 3.48. The molecule has 0 radical (unpaired) electrons. The van der Waals surface area contributed by atoms with Gasteiger partial charge < -0.3 is 13.9 Å². The predicted molar refractivity (Wildman–Crippen MR) is 83.8 cm³/mol. The van der Waals surface area contributed by atoms with Crippen LogP contribution in [0.1, 0.15) is 24.7 Å². The highest BCUT2D eigenvalue weighted by Crippen LogP contribution is 2.29. The lowest BCUT2D eigenvalue weighted by Crippen LogP contribution is -2.38. The molecule has 2 saturated heterocycles. The lowest BCUT2D eigenvalue weighted by atomic mass is 9.97. The summed E-state index contributed by atoms with van der Waals surface area (Å²) in [7, 11) is 0. The van der Waals surface area contributed by atoms with E-state index in [0.29, 0.717) is 25.0 Å². The van der Waals surface area contributed by atoms with E-state index < -0.39 is 0 Å². The summed E-state index contributed by atoms with van der Waals surface area (Å²) in [4.78, 5) is 2.35. The first-order valence-corrected chi connectivity index (χ1v) is 8.33. The van der Waals surface area contributed by atoms with Crippen molar-refractivity contribution < 1.29 is 18.3 Å². The van der Waals surface area contributed by atoms with Gasteiger partial charge in [0.15, 0.2) is 6.29 Å². The maximum atomic E-state index is 13.0. The Morgan fingerprint density at radius 3 is 2.46 bits per heavy atom. The number of aromatic nitrogens is 2. The third-order valence-electron chi connectivity index (χ3n) is 4.57. The van der Waals surface area contributed by atoms with Crippen molar-refractivity contribution in [2.45, 2.75) is 25.0 Å². The molecule has 6 nitrogen and oxygen atoms in total. The van der Waals surface area contributed by atoms with E-state index >= 15 is 0 Å². The fraction of sp³-hybridized carbons (Fsp3) is 0.529. The Labute approximate surface area is 139 Å². The van der Waals surface area contributed by atoms with E-state index in [-0.39, 0.29) is 18.0 Å². The summed E-state index contributed by atoms with van der Waals surface area (Å²) in [6.07, 6.45) is 1.85. The molecular weight excluding hydrogens is 313 g/mol. The summed E-state index contributed by atoms with van der Waals surface area (Å²) >= 11 is 0. The molecule has 7 heteroatoms. The Hall–Kier alpha value is -1.83. The molecule has 1 aromatic carbocycles. The van der Waals surface area contributed by atoms with Crippen LogP contribution in [0.3, 0.4) is 0 Å². The van der Waals surface area contributed by atoms with Crippen LogP contribution in [0, 0.1) is 5.82 Å². The number of hydrogen-bond donors (Lipinski definition) is 0. The molecule has 0 amide bonds. The lowest BCUT2D eigenvalue weighted by Gasteiger charge is -2.31. The van der Waals surface area contributed by atoms with E-state index in [1.165, 1.54) is 12.1 Å². The average Bonchev–Trinajstić information content (AvgIpc) is 3.28. The standard InChI is InChI=1S/C17H20FN3O3/c18-14-3-1-12(2-4-14)16-19-20-17(24-16)13-5-7-21(8-6-13)11-15-22-9-10-23-15/h1-4,13,15H,5-11H2. The minimum absolute atomic E-state index is 0.0879. The van der Waals surface area contributed by atoms with E-state index in [1.807, 2.05) is 0 Å². The fourth-order valence-electron chi connectivity index (χ4n) is 3.19. The van der Waals surface area contributed by atoms with Crippen LogP contribution in [0.25, 0.3) is 11.5 Å². The number of ether oxygens (including phenoxy) is 2. The van der Waals surface area contributed by atoms with E-state index in [4.69, 9.17) is 13.9 Å². The molecular formula is C17H20FN3O3. The molecule has 0 saturated carbocycles. The molecule has 0 unspecified atom stereocenters. The average molecular weight is 333 g/mol. The van der Waals surface area contributed by atoms with Gasteiger partial charge in [-0.2, -0.15) is 0 Å². The highest BCUT2D eigenvalue weighted by molar-refractivity contribution is 5.52. The van der Waals surface area contributed by atoms with E-state index in [1.54, 1.807) is 12.1 Å². The molecule has 24 heavy (non-hydrogen) atoms. The van der Waals surface area contributed by atoms with Crippen molar-refractivity contribution in [2.75, 3.05) is 32.8 Å². The van der Waals surface area contributed by atoms with Gasteiger partial charge in [0.2, 0.25) is 11.8 Å². The lowest BCUT2D eigenvalue weighted by molar-refractivity contribution is -0.0650. The number of piperidine rings is 1. The minimum Gasteiger partial charge on any atom is -0.420 e. The molecule has 3 heterocycles. The van der Waals surface area contributed by atoms with Crippen LogP contribution in [0.15, 0.2) is 28.7 Å². The van der Waals surface area contributed by atoms with E-state index in [9.17, 15) is 4.39 Å². The summed E-state index contributed by atoms with van der Waals surface area (Å²) in [5.74, 6) is 1.11. The van der Waals surface area contributed by atoms with Gasteiger partial charge >= 0.3 is 0 Å². The molecule has 2 fully saturated rings. The van der Waals surface area contributed by atoms with Crippen molar-refractivity contribution in [1.82, 2.24) is 15.1 Å². The van der Waals surface area contributed by atoms with Crippen LogP contribution in [0.4, 0.5) is 4.39 Å². The molecule has 128 valence electrons. The molecule has 4 rings (SSSR count). The predicted octanol–water partition coefficient (Wildman–Crippen LogP) is 2.43. The second-order valence-electron chi connectivity index (χ2n) is 6.20. The highest BCUT2D eigenvalue weighted by Gasteiger charge is 2.27. The SMILES string of the molecule is Fc1ccc(-c2nnc(C3CCN(CC4OCCO4)CC3)o2)cc1. The number of halogens is 1. The van der Waals surface area contributed by atoms with Crippen LogP contribution >= 0.6 is 0 Å². The smallest absolute Gasteiger partial charge is 0.247 e. The summed E-state index contributed by atoms with van der Waals surface area (Å²) < 4.78 is 29.8. The van der Waals surface area contributed by atoms with Crippen molar-refractivity contribution in [1.29, 1.82) is 0 Å². The van der Waals surface area contributed by atoms with Crippen LogP contribution in [-0.2, 0) is 9.47 Å². The zero-order chi connectivity index (χ0) is 16.4. The first-order valence-electron chi connectivity index (χ1n) is 8.33. The van der Waals surface area contributed by atoms with E-state index in [0.717, 1.165) is 38.0 Å². The van der Waals surface area contributed by atoms with Gasteiger partial charge in [-0.1, -0.05) is 0 Å². The monoisotopic (exact) mass is 333 g/mol. The highest BCUT2D eigenvalue weighted by atomic mass is 19.1. The van der Waals surface area contributed by atoms with Crippen molar-refractivity contribution in [2.24, 2.45) is 0 Å². The summed E-state index contributed by atoms with van der Waals surface area (Å²) in [5.41, 5.74) is 0.739. The fourth-order valence-corrected chi connectivity index (χ4v) is 3.19. The van der Waals surface area contributed by atoms with Gasteiger partial charge in [0, 0.05) is 18.0 Å². The zero-order valence-corrected chi connectivity index (χ0v) is 13.4. The summed E-state index contributed by atoms with van der Waals surface area (Å²) in [6.45, 7) is 4.12. The summed E-state index contributed by atoms with van der Waals surface area (Å²) in [6, 6.07) is 6.09. The Morgan fingerprint density at radius 2 is 1.75 bits per heavy atom. The number of rotatable bonds is 4. The van der Waals surface area contributed by atoms with Gasteiger partial charge in [-0.3, -0.25) is 4.90 Å². The third-order valence-corrected chi connectivity index (χ3v) is 4.57. The number of hydrogen-bond acceptors (Lipinski definition) is 6. The molecule has 2 aromatic rings. The Bertz CT molecular complexity index is 662. The zero-order valence-electron chi connectivity index (χ0n) is 13.4. The van der Waals surface area contributed by atoms with Gasteiger partial charge in [0.1, 0.15) is 5.82 Å². The maximum Gasteiger partial charge on any atom is 0.247 e. The van der Waals surface area contributed by atoms with Gasteiger partial charge in [-0.15, -0.1) is 10.2 Å². The quantitative estimate of drug-likeness (QED) is 0.856. The van der Waals surface area contributed by atoms with Crippen LogP contribution < -0.4 is 0 Å². The van der Waals surface area contributed by atoms with Crippen molar-refractivity contribution in [3.63, 3.8) is 0 Å². The molecule has 0 spiro atoms. The van der Waals surface area contributed by atoms with Crippen molar-refractivity contribution in [3.8, 4) is 11.5 Å². The maximum absolute atomic E-state index is 13.0. The summed E-state index contributed by atoms with van der Waals surface area (Å²) in [5, 5.41) is 8.29. The van der Waals surface area contributed by atoms with Crippen LogP contribution in [0.5, 0.6) is 0 Å². The molecule has 0 aliphatic carbocycles. The molecule has 0 atom stereocenters. The number of likely N-dealkylation sites (tertiary alicyclic amines) is 1. The largest absolute Gasteiger partial charge is 0.420 e. The van der Waals surface area contributed by atoms with Crippen LogP contribution in [0.2, 0.25) is 0 Å². The molecule has 0 N–H and O–H groups in total. The molecule has 0 bridgehead atoms. The molecule has 2 aliphatic heterocycles.